The third-order valence-electron chi connectivity index (χ3n) is 2.93. The number of aliphatic carboxylic acids is 1. The maximum Gasteiger partial charge on any atom is 0.311 e. The molecule has 0 radical (unpaired) electrons. The maximum absolute atomic E-state index is 10.7. The minimum absolute atomic E-state index is 0.00489. The molecule has 1 heterocycles. The molecule has 1 aliphatic rings. The van der Waals surface area contributed by atoms with E-state index in [1.807, 2.05) is 4.90 Å². The van der Waals surface area contributed by atoms with Gasteiger partial charge in [-0.25, -0.2) is 4.98 Å². The monoisotopic (exact) mass is 266 g/mol. The van der Waals surface area contributed by atoms with Gasteiger partial charge in [0.1, 0.15) is 5.82 Å². The normalized spacial score (nSPS) is 14.1. The highest BCUT2D eigenvalue weighted by Crippen LogP contribution is 2.32. The molecule has 0 unspecified atom stereocenters. The summed E-state index contributed by atoms with van der Waals surface area (Å²) in [5.74, 6) is -0.546. The van der Waals surface area contributed by atoms with Gasteiger partial charge in [0.15, 0.2) is 0 Å². The fourth-order valence-electron chi connectivity index (χ4n) is 1.86. The van der Waals surface area contributed by atoms with Crippen molar-refractivity contribution in [1.82, 2.24) is 4.98 Å². The number of carboxylic acids is 1. The fraction of sp³-hybridized carbons (Fsp3) is 0.455. The number of nitro groups is 1. The van der Waals surface area contributed by atoms with Crippen LogP contribution in [-0.4, -0.2) is 33.6 Å². The van der Waals surface area contributed by atoms with Crippen LogP contribution in [0, 0.1) is 10.1 Å². The van der Waals surface area contributed by atoms with Crippen molar-refractivity contribution in [3.05, 3.63) is 22.2 Å². The molecule has 19 heavy (non-hydrogen) atoms. The molecule has 3 N–H and O–H groups in total. The van der Waals surface area contributed by atoms with Crippen LogP contribution >= 0.6 is 0 Å². The Hall–Kier alpha value is -2.38. The molecule has 0 aliphatic heterocycles. The first-order valence-corrected chi connectivity index (χ1v) is 5.88. The first-order valence-electron chi connectivity index (χ1n) is 5.88. The average molecular weight is 266 g/mol. The van der Waals surface area contributed by atoms with Gasteiger partial charge in [0.05, 0.1) is 11.3 Å². The van der Waals surface area contributed by atoms with Crippen LogP contribution in [0.5, 0.6) is 0 Å². The first kappa shape index (κ1) is 13.1. The summed E-state index contributed by atoms with van der Waals surface area (Å²) >= 11 is 0. The van der Waals surface area contributed by atoms with E-state index in [1.165, 1.54) is 12.1 Å². The number of carboxylic acid groups (broad SMARTS) is 1. The number of hydrogen-bond donors (Lipinski definition) is 2. The summed E-state index contributed by atoms with van der Waals surface area (Å²) in [5.41, 5.74) is 5.30. The number of nitrogens with two attached hydrogens (primary N) is 1. The van der Waals surface area contributed by atoms with E-state index in [4.69, 9.17) is 10.8 Å². The van der Waals surface area contributed by atoms with Gasteiger partial charge in [-0.1, -0.05) is 0 Å². The molecule has 102 valence electrons. The van der Waals surface area contributed by atoms with Crippen molar-refractivity contribution in [3.63, 3.8) is 0 Å². The van der Waals surface area contributed by atoms with E-state index in [1.54, 1.807) is 0 Å². The number of nitrogens with zero attached hydrogens (tertiary/aromatic N) is 3. The Kier molecular flexibility index (Phi) is 3.50. The lowest BCUT2D eigenvalue weighted by Crippen LogP contribution is -2.29. The third kappa shape index (κ3) is 3.09. The van der Waals surface area contributed by atoms with Crippen molar-refractivity contribution in [2.75, 3.05) is 17.2 Å². The number of carbonyl (C=O) groups is 1. The predicted molar refractivity (Wildman–Crippen MR) is 67.9 cm³/mol. The molecule has 1 aromatic heterocycles. The molecule has 1 aromatic rings. The summed E-state index contributed by atoms with van der Waals surface area (Å²) in [6.45, 7) is 0.324. The predicted octanol–water partition coefficient (Wildman–Crippen LogP) is 1.02. The minimum atomic E-state index is -0.888. The zero-order chi connectivity index (χ0) is 14.0. The molecule has 8 nitrogen and oxygen atoms in total. The summed E-state index contributed by atoms with van der Waals surface area (Å²) in [5, 5.41) is 19.4. The van der Waals surface area contributed by atoms with E-state index in [0.717, 1.165) is 12.8 Å². The maximum atomic E-state index is 10.7. The van der Waals surface area contributed by atoms with Crippen molar-refractivity contribution in [2.24, 2.45) is 0 Å². The van der Waals surface area contributed by atoms with Gasteiger partial charge < -0.3 is 15.7 Å². The van der Waals surface area contributed by atoms with Crippen molar-refractivity contribution in [2.45, 2.75) is 25.3 Å². The van der Waals surface area contributed by atoms with Crippen LogP contribution in [-0.2, 0) is 4.79 Å². The Morgan fingerprint density at radius 2 is 2.26 bits per heavy atom. The molecule has 0 amide bonds. The zero-order valence-electron chi connectivity index (χ0n) is 10.2. The van der Waals surface area contributed by atoms with E-state index >= 15 is 0 Å². The van der Waals surface area contributed by atoms with Crippen molar-refractivity contribution >= 4 is 23.3 Å². The molecule has 0 atom stereocenters. The van der Waals surface area contributed by atoms with Gasteiger partial charge in [0.2, 0.25) is 5.82 Å². The SMILES string of the molecule is Nc1nc(N(CCC(=O)O)C2CC2)ccc1[N+](=O)[O-]. The summed E-state index contributed by atoms with van der Waals surface area (Å²) in [6.07, 6.45) is 1.94. The molecule has 0 aromatic carbocycles. The number of anilines is 2. The summed E-state index contributed by atoms with van der Waals surface area (Å²) < 4.78 is 0. The second-order valence-corrected chi connectivity index (χ2v) is 4.40. The molecule has 0 saturated heterocycles. The van der Waals surface area contributed by atoms with Gasteiger partial charge in [-0.2, -0.15) is 0 Å². The highest BCUT2D eigenvalue weighted by Gasteiger charge is 2.31. The topological polar surface area (TPSA) is 123 Å². The Morgan fingerprint density at radius 1 is 1.58 bits per heavy atom. The molecule has 0 bridgehead atoms. The van der Waals surface area contributed by atoms with E-state index in [9.17, 15) is 14.9 Å². The highest BCUT2D eigenvalue weighted by molar-refractivity contribution is 5.68. The Balaban J connectivity index is 2.19. The van der Waals surface area contributed by atoms with Gasteiger partial charge in [0, 0.05) is 18.7 Å². The fourth-order valence-corrected chi connectivity index (χ4v) is 1.86. The Bertz CT molecular complexity index is 515. The summed E-state index contributed by atoms with van der Waals surface area (Å²) in [7, 11) is 0. The smallest absolute Gasteiger partial charge is 0.311 e. The minimum Gasteiger partial charge on any atom is -0.481 e. The lowest BCUT2D eigenvalue weighted by atomic mass is 10.3. The van der Waals surface area contributed by atoms with Gasteiger partial charge in [-0.15, -0.1) is 0 Å². The highest BCUT2D eigenvalue weighted by atomic mass is 16.6. The standard InChI is InChI=1S/C11H14N4O4/c12-11-8(15(18)19)3-4-9(13-11)14(7-1-2-7)6-5-10(16)17/h3-4,7H,1-2,5-6H2,(H2,12,13)(H,16,17). The number of nitrogen functional groups attached to an aromatic ring is 1. The van der Waals surface area contributed by atoms with E-state index in [-0.39, 0.29) is 24.0 Å². The first-order chi connectivity index (χ1) is 8.99. The lowest BCUT2D eigenvalue weighted by Gasteiger charge is -2.22. The molecular formula is C11H14N4O4. The van der Waals surface area contributed by atoms with Crippen molar-refractivity contribution in [1.29, 1.82) is 0 Å². The molecule has 1 saturated carbocycles. The number of aromatic nitrogens is 1. The van der Waals surface area contributed by atoms with E-state index in [0.29, 0.717) is 12.4 Å². The average Bonchev–Trinajstić information content (AvgIpc) is 3.13. The van der Waals surface area contributed by atoms with Crippen molar-refractivity contribution < 1.29 is 14.8 Å². The number of pyridine rings is 1. The third-order valence-corrected chi connectivity index (χ3v) is 2.93. The second-order valence-electron chi connectivity index (χ2n) is 4.40. The van der Waals surface area contributed by atoms with Gasteiger partial charge in [0.25, 0.3) is 0 Å². The van der Waals surface area contributed by atoms with Crippen LogP contribution in [0.25, 0.3) is 0 Å². The number of rotatable bonds is 6. The van der Waals surface area contributed by atoms with Gasteiger partial charge >= 0.3 is 11.7 Å². The van der Waals surface area contributed by atoms with Crippen LogP contribution in [0.3, 0.4) is 0 Å². The van der Waals surface area contributed by atoms with Crippen LogP contribution in [0.4, 0.5) is 17.3 Å². The second kappa shape index (κ2) is 5.09. The molecular weight excluding hydrogens is 252 g/mol. The number of hydrogen-bond acceptors (Lipinski definition) is 6. The van der Waals surface area contributed by atoms with Crippen molar-refractivity contribution in [3.8, 4) is 0 Å². The molecule has 0 spiro atoms. The molecule has 8 heteroatoms. The Labute approximate surface area is 109 Å². The quantitative estimate of drug-likeness (QED) is 0.581. The molecule has 1 fully saturated rings. The molecule has 1 aliphatic carbocycles. The zero-order valence-corrected chi connectivity index (χ0v) is 10.2. The summed E-state index contributed by atoms with van der Waals surface area (Å²) in [4.78, 5) is 26.5. The van der Waals surface area contributed by atoms with Crippen LogP contribution in [0.15, 0.2) is 12.1 Å². The van der Waals surface area contributed by atoms with Gasteiger partial charge in [-0.3, -0.25) is 14.9 Å². The Morgan fingerprint density at radius 3 is 2.74 bits per heavy atom. The largest absolute Gasteiger partial charge is 0.481 e. The van der Waals surface area contributed by atoms with Crippen LogP contribution in [0.1, 0.15) is 19.3 Å². The molecule has 2 rings (SSSR count). The van der Waals surface area contributed by atoms with Gasteiger partial charge in [-0.05, 0) is 18.9 Å². The van der Waals surface area contributed by atoms with E-state index in [2.05, 4.69) is 4.98 Å². The van der Waals surface area contributed by atoms with Crippen LogP contribution < -0.4 is 10.6 Å². The van der Waals surface area contributed by atoms with E-state index < -0.39 is 10.9 Å². The lowest BCUT2D eigenvalue weighted by molar-refractivity contribution is -0.384. The summed E-state index contributed by atoms with van der Waals surface area (Å²) in [6, 6.07) is 3.07. The van der Waals surface area contributed by atoms with Crippen LogP contribution in [0.2, 0.25) is 0 Å².